The molecule has 2 aliphatic heterocycles. The summed E-state index contributed by atoms with van der Waals surface area (Å²) in [4.78, 5) is 31.3. The van der Waals surface area contributed by atoms with Crippen LogP contribution in [0.1, 0.15) is 23.7 Å². The van der Waals surface area contributed by atoms with Crippen molar-refractivity contribution in [2.75, 3.05) is 31.6 Å². The molecular formula is C18H24N6O3. The molecule has 144 valence electrons. The Morgan fingerprint density at radius 2 is 2.33 bits per heavy atom. The SMILES string of the molecule is CCCNC(=O)c1cnc2c(c1)OCCN2C1=CC(NNC)N(C=O)C=C1. The second-order valence-electron chi connectivity index (χ2n) is 6.10. The third kappa shape index (κ3) is 4.09. The van der Waals surface area contributed by atoms with Gasteiger partial charge < -0.3 is 19.9 Å². The highest BCUT2D eigenvalue weighted by molar-refractivity contribution is 5.94. The average molecular weight is 372 g/mol. The van der Waals surface area contributed by atoms with Crippen LogP contribution in [-0.4, -0.2) is 55.1 Å². The molecule has 2 amide bonds. The number of hydrogen-bond donors (Lipinski definition) is 3. The number of allylic oxidation sites excluding steroid dienone is 1. The van der Waals surface area contributed by atoms with Crippen molar-refractivity contribution in [2.24, 2.45) is 0 Å². The number of fused-ring (bicyclic) bond motifs is 1. The van der Waals surface area contributed by atoms with Crippen LogP contribution in [0.5, 0.6) is 5.75 Å². The molecule has 0 spiro atoms. The van der Waals surface area contributed by atoms with Crippen LogP contribution in [0.25, 0.3) is 0 Å². The van der Waals surface area contributed by atoms with Crippen molar-refractivity contribution in [2.45, 2.75) is 19.5 Å². The Bertz CT molecular complexity index is 763. The van der Waals surface area contributed by atoms with Gasteiger partial charge in [0.05, 0.1) is 12.1 Å². The average Bonchev–Trinajstić information content (AvgIpc) is 2.71. The van der Waals surface area contributed by atoms with E-state index in [0.717, 1.165) is 18.5 Å². The van der Waals surface area contributed by atoms with Crippen molar-refractivity contribution in [1.29, 1.82) is 0 Å². The van der Waals surface area contributed by atoms with Crippen molar-refractivity contribution in [3.63, 3.8) is 0 Å². The predicted octanol–water partition coefficient (Wildman–Crippen LogP) is 0.340. The third-order valence-electron chi connectivity index (χ3n) is 4.25. The van der Waals surface area contributed by atoms with Gasteiger partial charge in [0.2, 0.25) is 6.41 Å². The molecule has 2 aliphatic rings. The van der Waals surface area contributed by atoms with E-state index in [1.807, 2.05) is 24.0 Å². The van der Waals surface area contributed by atoms with Gasteiger partial charge in [0, 0.05) is 24.6 Å². The standard InChI is InChI=1S/C18H24N6O3/c1-3-5-20-18(26)13-9-15-17(21-11-13)24(7-8-27-15)14-4-6-23(12-25)16(10-14)22-19-2/h4,6,9-12,16,19,22H,3,5,7-8H2,1-2H3,(H,20,26). The maximum atomic E-state index is 12.2. The lowest BCUT2D eigenvalue weighted by molar-refractivity contribution is -0.117. The van der Waals surface area contributed by atoms with E-state index in [1.54, 1.807) is 25.5 Å². The monoisotopic (exact) mass is 372 g/mol. The van der Waals surface area contributed by atoms with Gasteiger partial charge in [-0.05, 0) is 31.7 Å². The van der Waals surface area contributed by atoms with Gasteiger partial charge in [-0.25, -0.2) is 10.4 Å². The largest absolute Gasteiger partial charge is 0.488 e. The highest BCUT2D eigenvalue weighted by Gasteiger charge is 2.26. The Morgan fingerprint density at radius 3 is 3.07 bits per heavy atom. The molecule has 3 heterocycles. The van der Waals surface area contributed by atoms with E-state index in [9.17, 15) is 9.59 Å². The topological polar surface area (TPSA) is 98.8 Å². The molecule has 0 radical (unpaired) electrons. The van der Waals surface area contributed by atoms with E-state index in [0.29, 0.717) is 36.8 Å². The van der Waals surface area contributed by atoms with Gasteiger partial charge in [-0.3, -0.25) is 15.0 Å². The summed E-state index contributed by atoms with van der Waals surface area (Å²) in [6, 6.07) is 1.72. The summed E-state index contributed by atoms with van der Waals surface area (Å²) >= 11 is 0. The fourth-order valence-corrected chi connectivity index (χ4v) is 2.92. The summed E-state index contributed by atoms with van der Waals surface area (Å²) < 4.78 is 5.73. The molecule has 3 N–H and O–H groups in total. The zero-order valence-corrected chi connectivity index (χ0v) is 15.4. The van der Waals surface area contributed by atoms with Gasteiger partial charge in [0.1, 0.15) is 12.8 Å². The Balaban J connectivity index is 1.85. The number of pyridine rings is 1. The van der Waals surface area contributed by atoms with Gasteiger partial charge in [0.15, 0.2) is 11.6 Å². The number of hydrazine groups is 1. The smallest absolute Gasteiger partial charge is 0.252 e. The highest BCUT2D eigenvalue weighted by atomic mass is 16.5. The fourth-order valence-electron chi connectivity index (χ4n) is 2.92. The van der Waals surface area contributed by atoms with E-state index < -0.39 is 0 Å². The van der Waals surface area contributed by atoms with Crippen LogP contribution in [0.2, 0.25) is 0 Å². The summed E-state index contributed by atoms with van der Waals surface area (Å²) in [6.45, 7) is 3.71. The molecule has 0 bridgehead atoms. The van der Waals surface area contributed by atoms with E-state index in [-0.39, 0.29) is 12.1 Å². The van der Waals surface area contributed by atoms with Crippen LogP contribution >= 0.6 is 0 Å². The van der Waals surface area contributed by atoms with Gasteiger partial charge in [-0.1, -0.05) is 6.92 Å². The number of nitrogens with zero attached hydrogens (tertiary/aromatic N) is 3. The summed E-state index contributed by atoms with van der Waals surface area (Å²) in [6.07, 6.45) is 8.33. The fraction of sp³-hybridized carbons (Fsp3) is 0.389. The Hall–Kier alpha value is -2.91. The van der Waals surface area contributed by atoms with Gasteiger partial charge in [-0.15, -0.1) is 0 Å². The second kappa shape index (κ2) is 8.65. The number of aromatic nitrogens is 1. The first-order chi connectivity index (χ1) is 13.2. The molecular weight excluding hydrogens is 348 g/mol. The molecule has 1 aromatic heterocycles. The normalized spacial score (nSPS) is 18.4. The maximum absolute atomic E-state index is 12.2. The van der Waals surface area contributed by atoms with E-state index in [1.165, 1.54) is 4.90 Å². The van der Waals surface area contributed by atoms with Crippen molar-refractivity contribution in [3.05, 3.63) is 41.9 Å². The van der Waals surface area contributed by atoms with E-state index in [4.69, 9.17) is 4.74 Å². The zero-order chi connectivity index (χ0) is 19.2. The van der Waals surface area contributed by atoms with Crippen LogP contribution in [-0.2, 0) is 4.79 Å². The van der Waals surface area contributed by atoms with Crippen molar-refractivity contribution in [3.8, 4) is 5.75 Å². The molecule has 1 aromatic rings. The molecule has 0 aromatic carbocycles. The molecule has 1 unspecified atom stereocenters. The minimum Gasteiger partial charge on any atom is -0.488 e. The molecule has 0 saturated carbocycles. The first-order valence-corrected chi connectivity index (χ1v) is 8.91. The number of hydrogen-bond acceptors (Lipinski definition) is 7. The van der Waals surface area contributed by atoms with Crippen LogP contribution in [0.4, 0.5) is 5.82 Å². The second-order valence-corrected chi connectivity index (χ2v) is 6.10. The summed E-state index contributed by atoms with van der Waals surface area (Å²) in [5.41, 5.74) is 7.22. The van der Waals surface area contributed by atoms with Crippen molar-refractivity contribution in [1.82, 2.24) is 26.1 Å². The Labute approximate surface area is 158 Å². The van der Waals surface area contributed by atoms with Crippen molar-refractivity contribution < 1.29 is 14.3 Å². The number of anilines is 1. The summed E-state index contributed by atoms with van der Waals surface area (Å²) in [7, 11) is 1.74. The summed E-state index contributed by atoms with van der Waals surface area (Å²) in [5.74, 6) is 1.05. The molecule has 27 heavy (non-hydrogen) atoms. The Kier molecular flexibility index (Phi) is 6.05. The first-order valence-electron chi connectivity index (χ1n) is 8.91. The third-order valence-corrected chi connectivity index (χ3v) is 4.25. The van der Waals surface area contributed by atoms with Crippen LogP contribution < -0.4 is 25.8 Å². The van der Waals surface area contributed by atoms with E-state index >= 15 is 0 Å². The number of carbonyl (C=O) groups excluding carboxylic acids is 2. The maximum Gasteiger partial charge on any atom is 0.252 e. The first kappa shape index (κ1) is 18.9. The van der Waals surface area contributed by atoms with Gasteiger partial charge in [0.25, 0.3) is 5.91 Å². The molecule has 3 rings (SSSR count). The summed E-state index contributed by atoms with van der Waals surface area (Å²) in [5, 5.41) is 2.84. The lowest BCUT2D eigenvalue weighted by atomic mass is 10.2. The quantitative estimate of drug-likeness (QED) is 0.469. The molecule has 9 nitrogen and oxygen atoms in total. The minimum atomic E-state index is -0.321. The predicted molar refractivity (Wildman–Crippen MR) is 101 cm³/mol. The molecule has 0 fully saturated rings. The van der Waals surface area contributed by atoms with E-state index in [2.05, 4.69) is 21.2 Å². The number of carbonyl (C=O) groups is 2. The number of ether oxygens (including phenoxy) is 1. The molecule has 0 saturated heterocycles. The van der Waals surface area contributed by atoms with Crippen molar-refractivity contribution >= 4 is 18.1 Å². The van der Waals surface area contributed by atoms with Gasteiger partial charge >= 0.3 is 0 Å². The zero-order valence-electron chi connectivity index (χ0n) is 15.4. The molecule has 9 heteroatoms. The lowest BCUT2D eigenvalue weighted by Gasteiger charge is -2.34. The van der Waals surface area contributed by atoms with Crippen LogP contribution in [0, 0.1) is 0 Å². The number of nitrogens with one attached hydrogen (secondary N) is 3. The highest BCUT2D eigenvalue weighted by Crippen LogP contribution is 2.33. The lowest BCUT2D eigenvalue weighted by Crippen LogP contribution is -2.48. The molecule has 0 aliphatic carbocycles. The van der Waals surface area contributed by atoms with Crippen LogP contribution in [0.3, 0.4) is 0 Å². The Morgan fingerprint density at radius 1 is 1.48 bits per heavy atom. The number of amides is 2. The van der Waals surface area contributed by atoms with Gasteiger partial charge in [-0.2, -0.15) is 0 Å². The molecule has 1 atom stereocenters. The van der Waals surface area contributed by atoms with Crippen LogP contribution in [0.15, 0.2) is 36.3 Å². The minimum absolute atomic E-state index is 0.162. The number of rotatable bonds is 7.